The Morgan fingerprint density at radius 1 is 0.830 bits per heavy atom. The summed E-state index contributed by atoms with van der Waals surface area (Å²) >= 11 is 0. The van der Waals surface area contributed by atoms with Gasteiger partial charge in [-0.3, -0.25) is 9.59 Å². The monoisotopic (exact) mass is 661 g/mol. The summed E-state index contributed by atoms with van der Waals surface area (Å²) in [5.74, 6) is -1.47. The van der Waals surface area contributed by atoms with E-state index in [4.69, 9.17) is 34.6 Å². The number of ketones is 1. The maximum atomic E-state index is 12.8. The summed E-state index contributed by atoms with van der Waals surface area (Å²) in [6, 6.07) is 12.2. The number of aliphatic hydroxyl groups excluding tert-OH is 3. The lowest BCUT2D eigenvalue weighted by atomic mass is 10.00. The Labute approximate surface area is 272 Å². The quantitative estimate of drug-likeness (QED) is 0.0961. The lowest BCUT2D eigenvalue weighted by Crippen LogP contribution is -3.11. The Bertz CT molecular complexity index is 1310. The van der Waals surface area contributed by atoms with Crippen molar-refractivity contribution in [2.24, 2.45) is 0 Å². The molecule has 47 heavy (non-hydrogen) atoms. The van der Waals surface area contributed by atoms with Crippen LogP contribution in [-0.4, -0.2) is 107 Å². The Morgan fingerprint density at radius 3 is 2.02 bits per heavy atom. The van der Waals surface area contributed by atoms with E-state index in [1.54, 1.807) is 31.4 Å². The fraction of sp³-hybridized carbons (Fsp3) is 0.515. The summed E-state index contributed by atoms with van der Waals surface area (Å²) < 4.78 is 16.4. The number of carbonyl (C=O) groups is 4. The number of rotatable bonds is 16. The maximum absolute atomic E-state index is 12.8. The zero-order chi connectivity index (χ0) is 34.3. The number of Topliss-reactive ketones (excluding diaryl/α,β-unsaturated/α-hetero) is 1. The smallest absolute Gasteiger partial charge is 0.335 e. The van der Waals surface area contributed by atoms with Crippen molar-refractivity contribution in [3.8, 4) is 17.2 Å². The molecule has 258 valence electrons. The summed E-state index contributed by atoms with van der Waals surface area (Å²) in [6.45, 7) is 3.79. The first-order valence-corrected chi connectivity index (χ1v) is 15.7. The second kappa shape index (κ2) is 18.8. The lowest BCUT2D eigenvalue weighted by molar-refractivity contribution is -0.889. The van der Waals surface area contributed by atoms with Crippen LogP contribution >= 0.6 is 0 Å². The van der Waals surface area contributed by atoms with Crippen LogP contribution in [0.25, 0.3) is 0 Å². The average molecular weight is 662 g/mol. The minimum Gasteiger partial charge on any atom is -0.497 e. The molecule has 1 amide bonds. The Morgan fingerprint density at radius 2 is 1.43 bits per heavy atom. The second-order valence-corrected chi connectivity index (χ2v) is 11.5. The Balaban J connectivity index is 0.000000520. The molecule has 0 aromatic heterocycles. The molecule has 2 aliphatic rings. The van der Waals surface area contributed by atoms with Gasteiger partial charge in [0.2, 0.25) is 5.91 Å². The lowest BCUT2D eigenvalue weighted by Gasteiger charge is -2.28. The number of aliphatic carboxylic acids is 2. The van der Waals surface area contributed by atoms with Gasteiger partial charge in [0.1, 0.15) is 37.7 Å². The van der Waals surface area contributed by atoms with E-state index in [9.17, 15) is 24.3 Å². The summed E-state index contributed by atoms with van der Waals surface area (Å²) in [7, 11) is 1.60. The fourth-order valence-electron chi connectivity index (χ4n) is 5.33. The molecule has 0 saturated carbocycles. The van der Waals surface area contributed by atoms with Gasteiger partial charge in [-0.25, -0.2) is 9.59 Å². The number of methoxy groups -OCH3 is 1. The predicted molar refractivity (Wildman–Crippen MR) is 167 cm³/mol. The van der Waals surface area contributed by atoms with Crippen molar-refractivity contribution in [1.82, 2.24) is 5.32 Å². The van der Waals surface area contributed by atoms with Crippen LogP contribution in [0.2, 0.25) is 0 Å². The molecule has 14 heteroatoms. The van der Waals surface area contributed by atoms with E-state index in [2.05, 4.69) is 5.32 Å². The van der Waals surface area contributed by atoms with Gasteiger partial charge < -0.3 is 50.0 Å². The van der Waals surface area contributed by atoms with Gasteiger partial charge in [-0.2, -0.15) is 0 Å². The van der Waals surface area contributed by atoms with Crippen LogP contribution in [0.4, 0.5) is 0 Å². The Hall–Kier alpha value is -4.24. The normalized spacial score (nSPS) is 16.5. The topological polar surface area (TPSA) is 214 Å². The third-order valence-electron chi connectivity index (χ3n) is 7.98. The molecule has 14 nitrogen and oxygen atoms in total. The molecule has 1 saturated heterocycles. The highest BCUT2D eigenvalue weighted by Gasteiger charge is 2.30. The highest BCUT2D eigenvalue weighted by atomic mass is 16.6. The van der Waals surface area contributed by atoms with Gasteiger partial charge in [-0.05, 0) is 54.8 Å². The minimum absolute atomic E-state index is 0.0679. The van der Waals surface area contributed by atoms with Crippen LogP contribution in [0.15, 0.2) is 42.5 Å². The van der Waals surface area contributed by atoms with Gasteiger partial charge in [0.25, 0.3) is 0 Å². The van der Waals surface area contributed by atoms with Gasteiger partial charge in [-0.1, -0.05) is 12.5 Å². The number of carboxylic acids is 2. The van der Waals surface area contributed by atoms with Gasteiger partial charge in [0.15, 0.2) is 29.5 Å². The minimum atomic E-state index is -2.27. The molecule has 0 aliphatic carbocycles. The predicted octanol–water partition coefficient (Wildman–Crippen LogP) is 0.374. The van der Waals surface area contributed by atoms with E-state index in [1.165, 1.54) is 17.7 Å². The second-order valence-electron chi connectivity index (χ2n) is 11.5. The van der Waals surface area contributed by atoms with Crippen LogP contribution in [-0.2, 0) is 14.4 Å². The summed E-state index contributed by atoms with van der Waals surface area (Å²) in [5.41, 5.74) is 1.39. The highest BCUT2D eigenvalue weighted by Crippen LogP contribution is 2.33. The molecule has 2 aromatic rings. The number of likely N-dealkylation sites (tertiary alicyclic amines) is 1. The van der Waals surface area contributed by atoms with Crippen LogP contribution in [0, 0.1) is 0 Å². The number of hydrogen-bond donors (Lipinski definition) is 7. The fourth-order valence-corrected chi connectivity index (χ4v) is 5.33. The van der Waals surface area contributed by atoms with E-state index in [0.717, 1.165) is 31.7 Å². The molecule has 4 rings (SSSR count). The van der Waals surface area contributed by atoms with Gasteiger partial charge in [0.05, 0.1) is 20.2 Å². The first-order chi connectivity index (χ1) is 22.5. The molecule has 7 N–H and O–H groups in total. The van der Waals surface area contributed by atoms with Crippen molar-refractivity contribution in [2.45, 2.75) is 69.3 Å². The number of amides is 1. The SMILES string of the molecule is COc1ccc(C(=O)CCCCCC(=O)N[C@H](C[NH+]2CCCC2)[C@@H](O)c2ccc3c(c2)OCCO3)cc1.O=C(O)[C@@H](O)[C@H](O)C(=O)O. The molecular weight excluding hydrogens is 616 g/mol. The number of hydrogen-bond acceptors (Lipinski definition) is 10. The number of quaternary nitrogens is 1. The third kappa shape index (κ3) is 11.8. The van der Waals surface area contributed by atoms with Crippen molar-refractivity contribution in [3.05, 3.63) is 53.6 Å². The average Bonchev–Trinajstić information content (AvgIpc) is 3.60. The number of carboxylic acid groups (broad SMARTS) is 2. The van der Waals surface area contributed by atoms with Crippen molar-refractivity contribution in [3.63, 3.8) is 0 Å². The largest absolute Gasteiger partial charge is 0.497 e. The molecule has 2 aromatic carbocycles. The molecule has 4 atom stereocenters. The number of unbranched alkanes of at least 4 members (excludes halogenated alkanes) is 2. The number of benzene rings is 2. The molecule has 0 unspecified atom stereocenters. The van der Waals surface area contributed by atoms with Gasteiger partial charge in [-0.15, -0.1) is 0 Å². The van der Waals surface area contributed by atoms with Gasteiger partial charge >= 0.3 is 11.9 Å². The van der Waals surface area contributed by atoms with Crippen LogP contribution in [0.3, 0.4) is 0 Å². The zero-order valence-corrected chi connectivity index (χ0v) is 26.4. The number of carbonyl (C=O) groups excluding carboxylic acids is 2. The molecule has 0 bridgehead atoms. The molecule has 2 heterocycles. The van der Waals surface area contributed by atoms with Crippen molar-refractivity contribution < 1.29 is 63.8 Å². The molecule has 1 fully saturated rings. The highest BCUT2D eigenvalue weighted by molar-refractivity contribution is 5.96. The van der Waals surface area contributed by atoms with Gasteiger partial charge in [0, 0.05) is 31.2 Å². The number of nitrogens with one attached hydrogen (secondary N) is 2. The number of ether oxygens (including phenoxy) is 3. The van der Waals surface area contributed by atoms with Crippen LogP contribution in [0.5, 0.6) is 17.2 Å². The number of fused-ring (bicyclic) bond motifs is 1. The van der Waals surface area contributed by atoms with Crippen molar-refractivity contribution in [2.75, 3.05) is 40.0 Å². The zero-order valence-electron chi connectivity index (χ0n) is 26.4. The third-order valence-corrected chi connectivity index (χ3v) is 7.98. The number of aliphatic hydroxyl groups is 3. The van der Waals surface area contributed by atoms with E-state index in [-0.39, 0.29) is 17.7 Å². The maximum Gasteiger partial charge on any atom is 0.335 e. The van der Waals surface area contributed by atoms with E-state index in [1.807, 2.05) is 18.2 Å². The van der Waals surface area contributed by atoms with Crippen molar-refractivity contribution >= 4 is 23.6 Å². The van der Waals surface area contributed by atoms with E-state index >= 15 is 0 Å². The van der Waals surface area contributed by atoms with Crippen LogP contribution < -0.4 is 24.4 Å². The first kappa shape index (κ1) is 37.2. The summed E-state index contributed by atoms with van der Waals surface area (Å²) in [6.07, 6.45) is 0.0298. The molecule has 0 spiro atoms. The molecular formula is C33H45N2O12+. The van der Waals surface area contributed by atoms with Crippen molar-refractivity contribution in [1.29, 1.82) is 0 Å². The standard InChI is InChI=1S/C29H38N2O6.C4H6O6/c1-35-23-12-9-21(10-13-23)25(32)7-3-2-4-8-28(33)30-24(20-31-15-5-6-16-31)29(34)22-11-14-26-27(19-22)37-18-17-36-26;5-1(3(7)8)2(6)4(9)10/h9-14,19,24,29,34H,2-8,15-18,20H2,1H3,(H,30,33);1-2,5-6H,(H,7,8)(H,9,10)/p+1/t24-,29+;1-,2-/m10/s1. The van der Waals surface area contributed by atoms with Crippen LogP contribution in [0.1, 0.15) is 67.0 Å². The summed E-state index contributed by atoms with van der Waals surface area (Å²) in [4.78, 5) is 46.1. The Kier molecular flexibility index (Phi) is 14.9. The molecule has 0 radical (unpaired) electrons. The van der Waals surface area contributed by atoms with E-state index < -0.39 is 30.3 Å². The molecule has 2 aliphatic heterocycles. The van der Waals surface area contributed by atoms with E-state index in [0.29, 0.717) is 61.6 Å². The first-order valence-electron chi connectivity index (χ1n) is 15.7. The summed E-state index contributed by atoms with van der Waals surface area (Å²) in [5, 5.41) is 46.9.